The zero-order valence-electron chi connectivity index (χ0n) is 18.9. The Morgan fingerprint density at radius 2 is 1.80 bits per heavy atom. The first-order chi connectivity index (χ1) is 16.8. The highest BCUT2D eigenvalue weighted by Crippen LogP contribution is 2.30. The maximum atomic E-state index is 14.5. The van der Waals surface area contributed by atoms with Gasteiger partial charge in [-0.3, -0.25) is 14.4 Å². The first kappa shape index (κ1) is 24.8. The predicted molar refractivity (Wildman–Crippen MR) is 128 cm³/mol. The minimum Gasteiger partial charge on any atom is -0.487 e. The van der Waals surface area contributed by atoms with Crippen LogP contribution < -0.4 is 10.1 Å². The highest BCUT2D eigenvalue weighted by molar-refractivity contribution is 7.20. The lowest BCUT2D eigenvalue weighted by atomic mass is 9.87. The number of fused-ring (bicyclic) bond motifs is 1. The van der Waals surface area contributed by atoms with Crippen LogP contribution in [0, 0.1) is 17.6 Å². The second-order valence-corrected chi connectivity index (χ2v) is 9.73. The summed E-state index contributed by atoms with van der Waals surface area (Å²) in [4.78, 5) is 36.3. The summed E-state index contributed by atoms with van der Waals surface area (Å²) in [6, 6.07) is 10.1. The van der Waals surface area contributed by atoms with Gasteiger partial charge >= 0.3 is 5.97 Å². The standard InChI is InChI=1S/C26H25F2NO5S/c27-18-7-3-17-13-24(35-23(17)14-18)25(31)29-11-1-2-21(30)16-6-10-22(20(28)12-16)34-19-8-4-15(5-9-19)26(32)33/h3,6-7,10,12-15,19H,1-2,4-5,8-9,11H2,(H,29,31)(H,32,33). The SMILES string of the molecule is O=C(CCCNC(=O)c1cc2ccc(F)cc2s1)c1ccc(OC2CCC(C(=O)O)CC2)c(F)c1. The molecule has 1 saturated carbocycles. The van der Waals surface area contributed by atoms with E-state index < -0.39 is 11.8 Å². The third-order valence-corrected chi connectivity index (χ3v) is 7.24. The van der Waals surface area contributed by atoms with Crippen molar-refractivity contribution >= 4 is 39.1 Å². The van der Waals surface area contributed by atoms with Gasteiger partial charge in [0.05, 0.1) is 16.9 Å². The van der Waals surface area contributed by atoms with Crippen molar-refractivity contribution < 1.29 is 33.0 Å². The lowest BCUT2D eigenvalue weighted by Crippen LogP contribution is -2.28. The number of aliphatic carboxylic acids is 1. The zero-order valence-corrected chi connectivity index (χ0v) is 19.7. The number of hydrogen-bond donors (Lipinski definition) is 2. The smallest absolute Gasteiger partial charge is 0.306 e. The molecule has 9 heteroatoms. The number of halogens is 2. The topological polar surface area (TPSA) is 92.7 Å². The van der Waals surface area contributed by atoms with Crippen molar-refractivity contribution in [1.82, 2.24) is 5.32 Å². The van der Waals surface area contributed by atoms with Gasteiger partial charge in [0.1, 0.15) is 5.82 Å². The molecule has 1 aliphatic rings. The maximum absolute atomic E-state index is 14.5. The number of rotatable bonds is 9. The summed E-state index contributed by atoms with van der Waals surface area (Å²) in [6.07, 6.45) is 2.35. The molecule has 0 bridgehead atoms. The van der Waals surface area contributed by atoms with Gasteiger partial charge in [0.25, 0.3) is 5.91 Å². The van der Waals surface area contributed by atoms with Crippen molar-refractivity contribution in [2.75, 3.05) is 6.54 Å². The molecule has 0 spiro atoms. The van der Waals surface area contributed by atoms with E-state index in [2.05, 4.69) is 5.32 Å². The first-order valence-electron chi connectivity index (χ1n) is 11.5. The van der Waals surface area contributed by atoms with E-state index >= 15 is 0 Å². The molecule has 2 aromatic carbocycles. The van der Waals surface area contributed by atoms with Crippen molar-refractivity contribution in [2.45, 2.75) is 44.6 Å². The molecule has 0 aliphatic heterocycles. The third-order valence-electron chi connectivity index (χ3n) is 6.14. The average molecular weight is 502 g/mol. The van der Waals surface area contributed by atoms with Crippen LogP contribution in [0.2, 0.25) is 0 Å². The summed E-state index contributed by atoms with van der Waals surface area (Å²) in [5.41, 5.74) is 0.224. The van der Waals surface area contributed by atoms with E-state index in [0.717, 1.165) is 11.5 Å². The molecule has 1 aromatic heterocycles. The Kier molecular flexibility index (Phi) is 7.75. The van der Waals surface area contributed by atoms with E-state index in [1.807, 2.05) is 0 Å². The summed E-state index contributed by atoms with van der Waals surface area (Å²) >= 11 is 1.20. The monoisotopic (exact) mass is 501 g/mol. The van der Waals surface area contributed by atoms with E-state index in [0.29, 0.717) is 41.7 Å². The summed E-state index contributed by atoms with van der Waals surface area (Å²) in [5.74, 6) is -2.66. The predicted octanol–water partition coefficient (Wildman–Crippen LogP) is 5.59. The summed E-state index contributed by atoms with van der Waals surface area (Å²) < 4.78 is 34.2. The van der Waals surface area contributed by atoms with Crippen LogP contribution >= 0.6 is 11.3 Å². The fraction of sp³-hybridized carbons (Fsp3) is 0.346. The fourth-order valence-electron chi connectivity index (χ4n) is 4.18. The van der Waals surface area contributed by atoms with E-state index in [1.54, 1.807) is 12.1 Å². The molecular weight excluding hydrogens is 476 g/mol. The van der Waals surface area contributed by atoms with Gasteiger partial charge in [0.15, 0.2) is 17.3 Å². The van der Waals surface area contributed by atoms with Gasteiger partial charge in [-0.15, -0.1) is 11.3 Å². The molecule has 35 heavy (non-hydrogen) atoms. The largest absolute Gasteiger partial charge is 0.487 e. The molecule has 0 radical (unpaired) electrons. The fourth-order valence-corrected chi connectivity index (χ4v) is 5.18. The second-order valence-electron chi connectivity index (χ2n) is 8.65. The number of amides is 1. The molecule has 184 valence electrons. The number of ether oxygens (including phenoxy) is 1. The molecule has 1 aliphatic carbocycles. The molecule has 2 N–H and O–H groups in total. The quantitative estimate of drug-likeness (QED) is 0.294. The second kappa shape index (κ2) is 10.9. The number of ketones is 1. The molecule has 3 aromatic rings. The van der Waals surface area contributed by atoms with Crippen LogP contribution in [0.3, 0.4) is 0 Å². The Balaban J connectivity index is 1.23. The van der Waals surface area contributed by atoms with Gasteiger partial charge < -0.3 is 15.2 Å². The van der Waals surface area contributed by atoms with E-state index in [-0.39, 0.29) is 53.8 Å². The Labute approximate surface area is 204 Å². The molecule has 1 fully saturated rings. The third kappa shape index (κ3) is 6.22. The number of nitrogens with one attached hydrogen (secondary N) is 1. The van der Waals surface area contributed by atoms with Crippen LogP contribution in [0.5, 0.6) is 5.75 Å². The van der Waals surface area contributed by atoms with Crippen LogP contribution in [-0.4, -0.2) is 35.4 Å². The van der Waals surface area contributed by atoms with Crippen LogP contribution in [0.1, 0.15) is 58.6 Å². The van der Waals surface area contributed by atoms with Crippen LogP contribution in [-0.2, 0) is 4.79 Å². The average Bonchev–Trinajstić information content (AvgIpc) is 3.26. The molecule has 1 amide bonds. The number of thiophene rings is 1. The summed E-state index contributed by atoms with van der Waals surface area (Å²) in [5, 5.41) is 12.6. The molecule has 0 saturated heterocycles. The first-order valence-corrected chi connectivity index (χ1v) is 12.3. The van der Waals surface area contributed by atoms with Crippen LogP contribution in [0.25, 0.3) is 10.1 Å². The van der Waals surface area contributed by atoms with Gasteiger partial charge in [-0.05, 0) is 73.9 Å². The summed E-state index contributed by atoms with van der Waals surface area (Å²) in [6.45, 7) is 0.274. The van der Waals surface area contributed by atoms with Crippen molar-refractivity contribution in [3.05, 3.63) is 64.5 Å². The zero-order chi connectivity index (χ0) is 24.9. The minimum atomic E-state index is -0.811. The number of hydrogen-bond acceptors (Lipinski definition) is 5. The normalized spacial score (nSPS) is 17.8. The van der Waals surface area contributed by atoms with Gasteiger partial charge in [0.2, 0.25) is 0 Å². The lowest BCUT2D eigenvalue weighted by molar-refractivity contribution is -0.143. The lowest BCUT2D eigenvalue weighted by Gasteiger charge is -2.27. The minimum absolute atomic E-state index is 0.0517. The number of carbonyl (C=O) groups excluding carboxylic acids is 2. The molecule has 0 atom stereocenters. The Bertz CT molecular complexity index is 1250. The van der Waals surface area contributed by atoms with Gasteiger partial charge in [-0.25, -0.2) is 8.78 Å². The highest BCUT2D eigenvalue weighted by atomic mass is 32.1. The molecule has 0 unspecified atom stereocenters. The van der Waals surface area contributed by atoms with Crippen molar-refractivity contribution in [2.24, 2.45) is 5.92 Å². The Hall–Kier alpha value is -3.33. The number of carbonyl (C=O) groups is 3. The molecule has 4 rings (SSSR count). The Morgan fingerprint density at radius 1 is 1.03 bits per heavy atom. The van der Waals surface area contributed by atoms with E-state index in [4.69, 9.17) is 9.84 Å². The van der Waals surface area contributed by atoms with Gasteiger partial charge in [0, 0.05) is 23.2 Å². The maximum Gasteiger partial charge on any atom is 0.306 e. The summed E-state index contributed by atoms with van der Waals surface area (Å²) in [7, 11) is 0. The number of benzene rings is 2. The van der Waals surface area contributed by atoms with Crippen LogP contribution in [0.4, 0.5) is 8.78 Å². The van der Waals surface area contributed by atoms with E-state index in [9.17, 15) is 23.2 Å². The molecule has 1 heterocycles. The van der Waals surface area contributed by atoms with Gasteiger partial charge in [-0.1, -0.05) is 6.07 Å². The molecular formula is C26H25F2NO5S. The molecule has 6 nitrogen and oxygen atoms in total. The van der Waals surface area contributed by atoms with Gasteiger partial charge in [-0.2, -0.15) is 0 Å². The highest BCUT2D eigenvalue weighted by Gasteiger charge is 2.27. The number of carboxylic acid groups (broad SMARTS) is 1. The van der Waals surface area contributed by atoms with Crippen molar-refractivity contribution in [1.29, 1.82) is 0 Å². The van der Waals surface area contributed by atoms with Crippen LogP contribution in [0.15, 0.2) is 42.5 Å². The van der Waals surface area contributed by atoms with Crippen molar-refractivity contribution in [3.8, 4) is 5.75 Å². The number of carboxylic acids is 1. The Morgan fingerprint density at radius 3 is 2.51 bits per heavy atom. The number of Topliss-reactive ketones (excluding diaryl/α,β-unsaturated/α-hetero) is 1. The van der Waals surface area contributed by atoms with Crippen molar-refractivity contribution in [3.63, 3.8) is 0 Å². The van der Waals surface area contributed by atoms with E-state index in [1.165, 1.54) is 35.6 Å².